The number of nitrogens with one attached hydrogen (secondary N) is 1. The number of quaternary nitrogens is 1. The molecule has 2 aromatic carbocycles. The smallest absolute Gasteiger partial charge is 0.164 e. The lowest BCUT2D eigenvalue weighted by Gasteiger charge is -2.32. The van der Waals surface area contributed by atoms with Crippen molar-refractivity contribution in [2.75, 3.05) is 53.0 Å². The maximum absolute atomic E-state index is 12.4. The fourth-order valence-electron chi connectivity index (χ4n) is 3.58. The lowest BCUT2D eigenvalue weighted by Crippen LogP contribution is -3.15. The van der Waals surface area contributed by atoms with Gasteiger partial charge in [0.15, 0.2) is 5.78 Å². The number of aliphatic hydroxyl groups is 1. The number of para-hydroxylation sites is 1. The highest BCUT2D eigenvalue weighted by Gasteiger charge is 2.23. The molecule has 0 radical (unpaired) electrons. The van der Waals surface area contributed by atoms with Gasteiger partial charge in [0.05, 0.1) is 20.2 Å². The fraction of sp³-hybridized carbons (Fsp3) is 0.435. The van der Waals surface area contributed by atoms with E-state index in [0.717, 1.165) is 49.8 Å². The van der Waals surface area contributed by atoms with Gasteiger partial charge in [-0.25, -0.2) is 0 Å². The number of methoxy groups -OCH3 is 1. The molecule has 1 saturated heterocycles. The van der Waals surface area contributed by atoms with E-state index >= 15 is 0 Å². The Kier molecular flexibility index (Phi) is 10.1. The molecule has 0 bridgehead atoms. The van der Waals surface area contributed by atoms with Gasteiger partial charge in [-0.1, -0.05) is 18.2 Å². The number of carbonyl (C=O) groups is 1. The molecular weight excluding hydrogens is 404 g/mol. The highest BCUT2D eigenvalue weighted by atomic mass is 35.5. The van der Waals surface area contributed by atoms with Crippen LogP contribution in [0.25, 0.3) is 0 Å². The number of aliphatic hydroxyl groups excluding tert-OH is 1. The van der Waals surface area contributed by atoms with Crippen LogP contribution in [-0.2, 0) is 0 Å². The highest BCUT2D eigenvalue weighted by Crippen LogP contribution is 2.13. The van der Waals surface area contributed by atoms with E-state index in [1.807, 2.05) is 54.6 Å². The number of rotatable bonds is 10. The molecule has 3 rings (SSSR count). The van der Waals surface area contributed by atoms with Gasteiger partial charge in [0, 0.05) is 31.6 Å². The molecular formula is C23H31ClN2O4. The zero-order valence-electron chi connectivity index (χ0n) is 17.4. The van der Waals surface area contributed by atoms with Crippen LogP contribution in [0.3, 0.4) is 0 Å². The Labute approximate surface area is 184 Å². The normalized spacial score (nSPS) is 15.8. The van der Waals surface area contributed by atoms with E-state index < -0.39 is 6.10 Å². The van der Waals surface area contributed by atoms with Crippen LogP contribution in [0.5, 0.6) is 11.5 Å². The first-order chi connectivity index (χ1) is 14.1. The number of hydrogen-bond donors (Lipinski definition) is 2. The van der Waals surface area contributed by atoms with Crippen molar-refractivity contribution in [1.29, 1.82) is 0 Å². The Balaban J connectivity index is 0.00000320. The predicted molar refractivity (Wildman–Crippen MR) is 112 cm³/mol. The minimum Gasteiger partial charge on any atom is -1.00 e. The SMILES string of the molecule is COc1ccc(C(=O)CCN2CC[NH+](CC(O)COc3ccccc3)CC2)cc1.[Cl-]. The molecule has 1 heterocycles. The fourth-order valence-corrected chi connectivity index (χ4v) is 3.58. The number of carbonyl (C=O) groups excluding carboxylic acids is 1. The summed E-state index contributed by atoms with van der Waals surface area (Å²) in [6.07, 6.45) is 0.0447. The molecule has 1 aliphatic rings. The highest BCUT2D eigenvalue weighted by molar-refractivity contribution is 5.96. The Bertz CT molecular complexity index is 750. The van der Waals surface area contributed by atoms with Gasteiger partial charge in [0.25, 0.3) is 0 Å². The average molecular weight is 435 g/mol. The van der Waals surface area contributed by atoms with Gasteiger partial charge >= 0.3 is 0 Å². The van der Waals surface area contributed by atoms with Gasteiger partial charge < -0.3 is 31.9 Å². The second-order valence-corrected chi connectivity index (χ2v) is 7.48. The Morgan fingerprint density at radius 2 is 1.73 bits per heavy atom. The molecule has 1 fully saturated rings. The van der Waals surface area contributed by atoms with Crippen LogP contribution in [0.15, 0.2) is 54.6 Å². The lowest BCUT2D eigenvalue weighted by molar-refractivity contribution is -0.907. The third kappa shape index (κ3) is 7.61. The lowest BCUT2D eigenvalue weighted by atomic mass is 10.1. The topological polar surface area (TPSA) is 63.4 Å². The van der Waals surface area contributed by atoms with Gasteiger partial charge in [0.2, 0.25) is 0 Å². The summed E-state index contributed by atoms with van der Waals surface area (Å²) in [4.78, 5) is 16.1. The predicted octanol–water partition coefficient (Wildman–Crippen LogP) is -2.09. The second-order valence-electron chi connectivity index (χ2n) is 7.48. The molecule has 0 spiro atoms. The average Bonchev–Trinajstić information content (AvgIpc) is 2.78. The molecule has 0 saturated carbocycles. The van der Waals surface area contributed by atoms with Crippen LogP contribution in [0.1, 0.15) is 16.8 Å². The largest absolute Gasteiger partial charge is 1.00 e. The Hall–Kier alpha value is -2.12. The molecule has 6 nitrogen and oxygen atoms in total. The first-order valence-corrected chi connectivity index (χ1v) is 10.2. The van der Waals surface area contributed by atoms with E-state index in [2.05, 4.69) is 4.90 Å². The van der Waals surface area contributed by atoms with Crippen LogP contribution in [0.4, 0.5) is 0 Å². The summed E-state index contributed by atoms with van der Waals surface area (Å²) in [7, 11) is 1.62. The maximum Gasteiger partial charge on any atom is 0.164 e. The standard InChI is InChI=1S/C23H30N2O4.ClH/c1-28-21-9-7-19(8-10-21)23(27)11-12-24-13-15-25(16-14-24)17-20(26)18-29-22-5-3-2-4-6-22;/h2-10,20,26H,11-18H2,1H3;1H. The zero-order valence-corrected chi connectivity index (χ0v) is 18.2. The zero-order chi connectivity index (χ0) is 20.5. The van der Waals surface area contributed by atoms with E-state index in [4.69, 9.17) is 9.47 Å². The van der Waals surface area contributed by atoms with Crippen molar-refractivity contribution >= 4 is 5.78 Å². The van der Waals surface area contributed by atoms with E-state index in [1.165, 1.54) is 4.90 Å². The summed E-state index contributed by atoms with van der Waals surface area (Å²) in [5.74, 6) is 1.71. The third-order valence-corrected chi connectivity index (χ3v) is 5.34. The molecule has 0 aromatic heterocycles. The van der Waals surface area contributed by atoms with Crippen molar-refractivity contribution in [1.82, 2.24) is 4.90 Å². The molecule has 164 valence electrons. The molecule has 2 N–H and O–H groups in total. The van der Waals surface area contributed by atoms with Crippen molar-refractivity contribution in [3.05, 3.63) is 60.2 Å². The first kappa shape index (κ1) is 24.2. The number of Topliss-reactive ketones (excluding diaryl/α,β-unsaturated/α-hetero) is 1. The van der Waals surface area contributed by atoms with E-state index in [0.29, 0.717) is 19.6 Å². The van der Waals surface area contributed by atoms with E-state index in [9.17, 15) is 9.90 Å². The van der Waals surface area contributed by atoms with Gasteiger partial charge in [0.1, 0.15) is 30.8 Å². The second kappa shape index (κ2) is 12.5. The van der Waals surface area contributed by atoms with Crippen molar-refractivity contribution in [3.63, 3.8) is 0 Å². The number of piperazine rings is 1. The molecule has 0 amide bonds. The van der Waals surface area contributed by atoms with Crippen molar-refractivity contribution in [2.24, 2.45) is 0 Å². The van der Waals surface area contributed by atoms with Gasteiger partial charge in [-0.05, 0) is 36.4 Å². The molecule has 1 atom stereocenters. The number of halogens is 1. The first-order valence-electron chi connectivity index (χ1n) is 10.2. The van der Waals surface area contributed by atoms with E-state index in [-0.39, 0.29) is 18.2 Å². The van der Waals surface area contributed by atoms with Crippen LogP contribution >= 0.6 is 0 Å². The number of benzene rings is 2. The van der Waals surface area contributed by atoms with Crippen LogP contribution in [-0.4, -0.2) is 74.9 Å². The maximum atomic E-state index is 12.4. The monoisotopic (exact) mass is 434 g/mol. The summed E-state index contributed by atoms with van der Waals surface area (Å²) in [6.45, 7) is 5.60. The van der Waals surface area contributed by atoms with Crippen molar-refractivity contribution in [3.8, 4) is 11.5 Å². The minimum atomic E-state index is -0.478. The molecule has 0 aliphatic carbocycles. The quantitative estimate of drug-likeness (QED) is 0.420. The van der Waals surface area contributed by atoms with Crippen molar-refractivity contribution in [2.45, 2.75) is 12.5 Å². The van der Waals surface area contributed by atoms with Crippen LogP contribution < -0.4 is 26.8 Å². The summed E-state index contributed by atoms with van der Waals surface area (Å²) >= 11 is 0. The molecule has 30 heavy (non-hydrogen) atoms. The number of nitrogens with zero attached hydrogens (tertiary/aromatic N) is 1. The summed E-state index contributed by atoms with van der Waals surface area (Å²) in [5.41, 5.74) is 0.733. The minimum absolute atomic E-state index is 0. The molecule has 7 heteroatoms. The Morgan fingerprint density at radius 3 is 2.37 bits per heavy atom. The number of hydrogen-bond acceptors (Lipinski definition) is 5. The van der Waals surface area contributed by atoms with Crippen molar-refractivity contribution < 1.29 is 36.7 Å². The summed E-state index contributed by atoms with van der Waals surface area (Å²) in [6, 6.07) is 16.9. The summed E-state index contributed by atoms with van der Waals surface area (Å²) in [5, 5.41) is 10.3. The van der Waals surface area contributed by atoms with Crippen LogP contribution in [0.2, 0.25) is 0 Å². The number of ether oxygens (including phenoxy) is 2. The third-order valence-electron chi connectivity index (χ3n) is 5.34. The van der Waals surface area contributed by atoms with Gasteiger partial charge in [-0.15, -0.1) is 0 Å². The van der Waals surface area contributed by atoms with Crippen LogP contribution in [0, 0.1) is 0 Å². The summed E-state index contributed by atoms with van der Waals surface area (Å²) < 4.78 is 10.8. The van der Waals surface area contributed by atoms with Gasteiger partial charge in [-0.2, -0.15) is 0 Å². The molecule has 1 unspecified atom stereocenters. The number of ketones is 1. The Morgan fingerprint density at radius 1 is 1.07 bits per heavy atom. The molecule has 2 aromatic rings. The van der Waals surface area contributed by atoms with Gasteiger partial charge in [-0.3, -0.25) is 9.69 Å². The molecule has 1 aliphatic heterocycles. The van der Waals surface area contributed by atoms with E-state index in [1.54, 1.807) is 7.11 Å².